The van der Waals surface area contributed by atoms with Crippen molar-refractivity contribution in [2.45, 2.75) is 32.1 Å². The molecule has 1 fully saturated rings. The number of nitriles is 2. The first kappa shape index (κ1) is 8.08. The molecule has 0 amide bonds. The lowest BCUT2D eigenvalue weighted by atomic mass is 9.81. The van der Waals surface area contributed by atoms with Crippen LogP contribution in [0.15, 0.2) is 0 Å². The first-order valence-corrected chi connectivity index (χ1v) is 4.13. The zero-order valence-corrected chi connectivity index (χ0v) is 6.58. The molecular formula is C9H12N2. The third-order valence-electron chi connectivity index (χ3n) is 2.41. The number of hydrogen-bond donors (Lipinski definition) is 0. The molecule has 0 aromatic heterocycles. The monoisotopic (exact) mass is 148 g/mol. The minimum Gasteiger partial charge on any atom is -0.198 e. The molecule has 58 valence electrons. The highest BCUT2D eigenvalue weighted by atomic mass is 14.3. The average Bonchev–Trinajstić information content (AvgIpc) is 2.07. The summed E-state index contributed by atoms with van der Waals surface area (Å²) in [7, 11) is 0. The van der Waals surface area contributed by atoms with E-state index >= 15 is 0 Å². The smallest absolute Gasteiger partial charge is 0.0655 e. The summed E-state index contributed by atoms with van der Waals surface area (Å²) in [4.78, 5) is 0. The van der Waals surface area contributed by atoms with Gasteiger partial charge >= 0.3 is 0 Å². The Balaban J connectivity index is 2.27. The van der Waals surface area contributed by atoms with Gasteiger partial charge in [-0.1, -0.05) is 0 Å². The molecule has 0 aromatic carbocycles. The van der Waals surface area contributed by atoms with Gasteiger partial charge in [-0.05, 0) is 31.6 Å². The molecule has 0 unspecified atom stereocenters. The van der Waals surface area contributed by atoms with Crippen molar-refractivity contribution in [2.24, 2.45) is 11.8 Å². The molecule has 2 nitrogen and oxygen atoms in total. The summed E-state index contributed by atoms with van der Waals surface area (Å²) in [5, 5.41) is 17.0. The van der Waals surface area contributed by atoms with Crippen LogP contribution in [0.3, 0.4) is 0 Å². The Kier molecular flexibility index (Phi) is 2.93. The van der Waals surface area contributed by atoms with E-state index in [-0.39, 0.29) is 5.92 Å². The van der Waals surface area contributed by atoms with Gasteiger partial charge in [-0.2, -0.15) is 10.5 Å². The van der Waals surface area contributed by atoms with Gasteiger partial charge in [0.2, 0.25) is 0 Å². The van der Waals surface area contributed by atoms with Crippen LogP contribution in [0.4, 0.5) is 0 Å². The average molecular weight is 148 g/mol. The van der Waals surface area contributed by atoms with Crippen molar-refractivity contribution >= 4 is 0 Å². The van der Waals surface area contributed by atoms with Gasteiger partial charge < -0.3 is 0 Å². The molecule has 0 heterocycles. The number of hydrogen-bond acceptors (Lipinski definition) is 2. The lowest BCUT2D eigenvalue weighted by Crippen LogP contribution is -2.12. The minimum absolute atomic E-state index is 0.268. The lowest BCUT2D eigenvalue weighted by Gasteiger charge is -2.22. The van der Waals surface area contributed by atoms with Crippen LogP contribution >= 0.6 is 0 Å². The molecule has 1 rings (SSSR count). The van der Waals surface area contributed by atoms with Crippen LogP contribution in [0.25, 0.3) is 0 Å². The van der Waals surface area contributed by atoms with Crippen molar-refractivity contribution < 1.29 is 0 Å². The van der Waals surface area contributed by atoms with Crippen molar-refractivity contribution in [3.8, 4) is 12.1 Å². The normalized spacial score (nSPS) is 30.4. The van der Waals surface area contributed by atoms with Crippen LogP contribution in [-0.2, 0) is 0 Å². The Bertz CT molecular complexity index is 189. The highest BCUT2D eigenvalue weighted by Crippen LogP contribution is 2.29. The third-order valence-corrected chi connectivity index (χ3v) is 2.41. The van der Waals surface area contributed by atoms with E-state index in [4.69, 9.17) is 10.5 Å². The van der Waals surface area contributed by atoms with Crippen molar-refractivity contribution in [3.05, 3.63) is 0 Å². The second-order valence-electron chi connectivity index (χ2n) is 3.21. The van der Waals surface area contributed by atoms with Crippen LogP contribution in [0.1, 0.15) is 32.1 Å². The summed E-state index contributed by atoms with van der Waals surface area (Å²) in [6.07, 6.45) is 4.83. The third kappa shape index (κ3) is 2.24. The molecule has 0 aliphatic heterocycles. The molecule has 2 heteroatoms. The number of rotatable bonds is 1. The maximum absolute atomic E-state index is 8.59. The quantitative estimate of drug-likeness (QED) is 0.572. The molecule has 0 spiro atoms. The fourth-order valence-electron chi connectivity index (χ4n) is 1.62. The van der Waals surface area contributed by atoms with Crippen LogP contribution < -0.4 is 0 Å². The first-order chi connectivity index (χ1) is 5.36. The van der Waals surface area contributed by atoms with E-state index in [0.29, 0.717) is 12.3 Å². The van der Waals surface area contributed by atoms with E-state index in [1.54, 1.807) is 0 Å². The van der Waals surface area contributed by atoms with Crippen molar-refractivity contribution in [1.29, 1.82) is 10.5 Å². The molecule has 0 aromatic rings. The lowest BCUT2D eigenvalue weighted by molar-refractivity contribution is 0.319. The van der Waals surface area contributed by atoms with Gasteiger partial charge in [-0.25, -0.2) is 0 Å². The summed E-state index contributed by atoms with van der Waals surface area (Å²) in [5.41, 5.74) is 0. The van der Waals surface area contributed by atoms with Gasteiger partial charge in [0, 0.05) is 12.3 Å². The first-order valence-electron chi connectivity index (χ1n) is 4.13. The summed E-state index contributed by atoms with van der Waals surface area (Å²) in [6, 6.07) is 4.47. The van der Waals surface area contributed by atoms with Gasteiger partial charge in [-0.15, -0.1) is 0 Å². The molecule has 0 bridgehead atoms. The van der Waals surface area contributed by atoms with Gasteiger partial charge in [0.15, 0.2) is 0 Å². The predicted molar refractivity (Wildman–Crippen MR) is 41.3 cm³/mol. The van der Waals surface area contributed by atoms with Crippen LogP contribution in [0.5, 0.6) is 0 Å². The fourth-order valence-corrected chi connectivity index (χ4v) is 1.62. The van der Waals surface area contributed by atoms with E-state index in [9.17, 15) is 0 Å². The Morgan fingerprint density at radius 2 is 1.73 bits per heavy atom. The van der Waals surface area contributed by atoms with Crippen molar-refractivity contribution in [1.82, 2.24) is 0 Å². The van der Waals surface area contributed by atoms with E-state index in [0.717, 1.165) is 25.7 Å². The van der Waals surface area contributed by atoms with Gasteiger partial charge in [0.1, 0.15) is 0 Å². The standard InChI is InChI=1S/C9H12N2/c10-6-5-8-1-3-9(7-11)4-2-8/h8-9H,1-5H2. The van der Waals surface area contributed by atoms with Crippen molar-refractivity contribution in [3.63, 3.8) is 0 Å². The largest absolute Gasteiger partial charge is 0.198 e. The molecule has 1 saturated carbocycles. The minimum atomic E-state index is 0.268. The van der Waals surface area contributed by atoms with E-state index in [2.05, 4.69) is 12.1 Å². The van der Waals surface area contributed by atoms with Gasteiger partial charge in [0.25, 0.3) is 0 Å². The summed E-state index contributed by atoms with van der Waals surface area (Å²) in [5.74, 6) is 0.842. The SMILES string of the molecule is N#CCC1CCC(C#N)CC1. The Labute approximate surface area is 67.4 Å². The van der Waals surface area contributed by atoms with Crippen LogP contribution in [-0.4, -0.2) is 0 Å². The maximum atomic E-state index is 8.59. The summed E-state index contributed by atoms with van der Waals surface area (Å²) in [6.45, 7) is 0. The Hall–Kier alpha value is -1.02. The molecule has 11 heavy (non-hydrogen) atoms. The second-order valence-corrected chi connectivity index (χ2v) is 3.21. The van der Waals surface area contributed by atoms with Crippen LogP contribution in [0.2, 0.25) is 0 Å². The van der Waals surface area contributed by atoms with Gasteiger partial charge in [0.05, 0.1) is 12.1 Å². The zero-order valence-electron chi connectivity index (χ0n) is 6.58. The summed E-state index contributed by atoms with van der Waals surface area (Å²) >= 11 is 0. The van der Waals surface area contributed by atoms with Crippen LogP contribution in [0, 0.1) is 34.5 Å². The molecular weight excluding hydrogens is 136 g/mol. The van der Waals surface area contributed by atoms with E-state index in [1.165, 1.54) is 0 Å². The highest BCUT2D eigenvalue weighted by Gasteiger charge is 2.19. The summed E-state index contributed by atoms with van der Waals surface area (Å²) < 4.78 is 0. The second kappa shape index (κ2) is 3.98. The predicted octanol–water partition coefficient (Wildman–Crippen LogP) is 2.23. The molecule has 0 N–H and O–H groups in total. The molecule has 1 aliphatic carbocycles. The Morgan fingerprint density at radius 1 is 1.09 bits per heavy atom. The van der Waals surface area contributed by atoms with E-state index in [1.807, 2.05) is 0 Å². The zero-order chi connectivity index (χ0) is 8.10. The van der Waals surface area contributed by atoms with Gasteiger partial charge in [-0.3, -0.25) is 0 Å². The molecule has 0 atom stereocenters. The molecule has 0 saturated heterocycles. The van der Waals surface area contributed by atoms with Crippen molar-refractivity contribution in [2.75, 3.05) is 0 Å². The Morgan fingerprint density at radius 3 is 2.18 bits per heavy atom. The highest BCUT2D eigenvalue weighted by molar-refractivity contribution is 4.89. The fraction of sp³-hybridized carbons (Fsp3) is 0.778. The van der Waals surface area contributed by atoms with E-state index < -0.39 is 0 Å². The molecule has 0 radical (unpaired) electrons. The molecule has 1 aliphatic rings. The number of nitrogens with zero attached hydrogens (tertiary/aromatic N) is 2. The topological polar surface area (TPSA) is 47.6 Å². The maximum Gasteiger partial charge on any atom is 0.0655 e.